The smallest absolute Gasteiger partial charge is 0.295 e. The molecule has 4 rings (SSSR count). The van der Waals surface area contributed by atoms with E-state index in [-0.39, 0.29) is 11.2 Å². The highest BCUT2D eigenvalue weighted by atomic mass is 16.1. The van der Waals surface area contributed by atoms with Gasteiger partial charge in [0.25, 0.3) is 5.56 Å². The lowest BCUT2D eigenvalue weighted by Gasteiger charge is -2.01. The summed E-state index contributed by atoms with van der Waals surface area (Å²) in [5, 5.41) is 3.10. The predicted molar refractivity (Wildman–Crippen MR) is 111 cm³/mol. The number of benzene rings is 2. The van der Waals surface area contributed by atoms with E-state index in [1.807, 2.05) is 56.3 Å². The van der Waals surface area contributed by atoms with Crippen LogP contribution in [0.2, 0.25) is 0 Å². The zero-order valence-electron chi connectivity index (χ0n) is 16.2. The van der Waals surface area contributed by atoms with Gasteiger partial charge in [0.1, 0.15) is 0 Å². The molecule has 0 saturated heterocycles. The molecule has 2 aromatic carbocycles. The van der Waals surface area contributed by atoms with Crippen molar-refractivity contribution in [2.24, 2.45) is 19.1 Å². The molecule has 0 aliphatic rings. The molecular weight excluding hydrogens is 354 g/mol. The SMILES string of the molecule is Cc1ccc(-n2[nH]c(C)c(C=Nc3ccc4c(c3)n(C)c(=O)n4C)c2=O)cc1. The van der Waals surface area contributed by atoms with Gasteiger partial charge in [0.05, 0.1) is 28.0 Å². The average molecular weight is 375 g/mol. The fraction of sp³-hybridized carbons (Fsp3) is 0.190. The number of aromatic nitrogens is 4. The van der Waals surface area contributed by atoms with Crippen molar-refractivity contribution in [2.45, 2.75) is 13.8 Å². The van der Waals surface area contributed by atoms with Crippen molar-refractivity contribution in [3.05, 3.63) is 80.1 Å². The van der Waals surface area contributed by atoms with E-state index in [2.05, 4.69) is 10.1 Å². The van der Waals surface area contributed by atoms with E-state index in [9.17, 15) is 9.59 Å². The number of H-pyrrole nitrogens is 1. The Morgan fingerprint density at radius 3 is 2.32 bits per heavy atom. The topological polar surface area (TPSA) is 77.1 Å². The van der Waals surface area contributed by atoms with Crippen molar-refractivity contribution in [1.29, 1.82) is 0 Å². The molecule has 142 valence electrons. The number of hydrogen-bond acceptors (Lipinski definition) is 3. The quantitative estimate of drug-likeness (QED) is 0.559. The number of fused-ring (bicyclic) bond motifs is 1. The molecule has 7 heteroatoms. The molecule has 0 bridgehead atoms. The van der Waals surface area contributed by atoms with E-state index in [1.54, 1.807) is 29.4 Å². The maximum absolute atomic E-state index is 12.8. The first-order valence-electron chi connectivity index (χ1n) is 8.95. The van der Waals surface area contributed by atoms with Crippen LogP contribution in [0.5, 0.6) is 0 Å². The van der Waals surface area contributed by atoms with Gasteiger partial charge in [0.2, 0.25) is 0 Å². The van der Waals surface area contributed by atoms with E-state index in [0.717, 1.165) is 28.0 Å². The van der Waals surface area contributed by atoms with Gasteiger partial charge in [-0.3, -0.25) is 24.0 Å². The van der Waals surface area contributed by atoms with Crippen LogP contribution >= 0.6 is 0 Å². The molecule has 0 spiro atoms. The summed E-state index contributed by atoms with van der Waals surface area (Å²) >= 11 is 0. The van der Waals surface area contributed by atoms with Crippen LogP contribution < -0.4 is 11.2 Å². The summed E-state index contributed by atoms with van der Waals surface area (Å²) in [6.45, 7) is 3.85. The summed E-state index contributed by atoms with van der Waals surface area (Å²) in [6, 6.07) is 13.3. The summed E-state index contributed by atoms with van der Waals surface area (Å²) in [5.41, 5.74) is 5.22. The molecule has 0 saturated carbocycles. The molecule has 7 nitrogen and oxygen atoms in total. The molecule has 0 radical (unpaired) electrons. The minimum atomic E-state index is -0.154. The molecule has 1 N–H and O–H groups in total. The lowest BCUT2D eigenvalue weighted by Crippen LogP contribution is -2.19. The first kappa shape index (κ1) is 17.8. The first-order chi connectivity index (χ1) is 13.4. The van der Waals surface area contributed by atoms with E-state index < -0.39 is 0 Å². The van der Waals surface area contributed by atoms with Gasteiger partial charge in [-0.25, -0.2) is 9.48 Å². The van der Waals surface area contributed by atoms with Crippen LogP contribution in [0.1, 0.15) is 16.8 Å². The van der Waals surface area contributed by atoms with Crippen LogP contribution in [-0.2, 0) is 14.1 Å². The molecule has 0 aliphatic carbocycles. The minimum absolute atomic E-state index is 0.0846. The standard InChI is InChI=1S/C21H21N5O2/c1-13-5-8-16(9-6-13)26-20(27)17(14(2)23-26)12-22-15-7-10-18-19(11-15)25(4)21(28)24(18)3/h5-12,23H,1-4H3. The van der Waals surface area contributed by atoms with Crippen LogP contribution in [0.3, 0.4) is 0 Å². The Kier molecular flexibility index (Phi) is 4.15. The number of nitrogens with zero attached hydrogens (tertiary/aromatic N) is 4. The molecule has 2 aromatic heterocycles. The Morgan fingerprint density at radius 2 is 1.61 bits per heavy atom. The summed E-state index contributed by atoms with van der Waals surface area (Å²) in [5.74, 6) is 0. The van der Waals surface area contributed by atoms with Crippen LogP contribution in [-0.4, -0.2) is 25.1 Å². The minimum Gasteiger partial charge on any atom is -0.295 e. The maximum atomic E-state index is 12.8. The van der Waals surface area contributed by atoms with E-state index >= 15 is 0 Å². The second-order valence-corrected chi connectivity index (χ2v) is 6.96. The number of aliphatic imine (C=N–C) groups is 1. The lowest BCUT2D eigenvalue weighted by atomic mass is 10.2. The summed E-state index contributed by atoms with van der Waals surface area (Å²) in [6.07, 6.45) is 1.57. The normalized spacial score (nSPS) is 11.7. The van der Waals surface area contributed by atoms with Crippen molar-refractivity contribution < 1.29 is 0 Å². The van der Waals surface area contributed by atoms with Gasteiger partial charge in [0.15, 0.2) is 0 Å². The van der Waals surface area contributed by atoms with Crippen molar-refractivity contribution >= 4 is 22.9 Å². The predicted octanol–water partition coefficient (Wildman–Crippen LogP) is 2.72. The number of rotatable bonds is 3. The summed E-state index contributed by atoms with van der Waals surface area (Å²) in [7, 11) is 3.47. The molecule has 0 atom stereocenters. The molecule has 4 aromatic rings. The Labute approximate surface area is 161 Å². The van der Waals surface area contributed by atoms with Crippen LogP contribution in [0.4, 0.5) is 5.69 Å². The van der Waals surface area contributed by atoms with Crippen LogP contribution in [0, 0.1) is 13.8 Å². The molecule has 2 heterocycles. The molecule has 28 heavy (non-hydrogen) atoms. The van der Waals surface area contributed by atoms with Gasteiger partial charge in [0, 0.05) is 26.0 Å². The Morgan fingerprint density at radius 1 is 0.929 bits per heavy atom. The number of aromatic amines is 1. The van der Waals surface area contributed by atoms with Crippen LogP contribution in [0.25, 0.3) is 16.7 Å². The van der Waals surface area contributed by atoms with Crippen molar-refractivity contribution in [3.63, 3.8) is 0 Å². The highest BCUT2D eigenvalue weighted by Gasteiger charge is 2.11. The molecule has 0 aliphatic heterocycles. The van der Waals surface area contributed by atoms with Gasteiger partial charge >= 0.3 is 5.69 Å². The maximum Gasteiger partial charge on any atom is 0.328 e. The monoisotopic (exact) mass is 375 g/mol. The second kappa shape index (κ2) is 6.53. The van der Waals surface area contributed by atoms with Crippen LogP contribution in [0.15, 0.2) is 57.0 Å². The largest absolute Gasteiger partial charge is 0.328 e. The number of imidazole rings is 1. The van der Waals surface area contributed by atoms with E-state index in [1.165, 1.54) is 4.68 Å². The van der Waals surface area contributed by atoms with Gasteiger partial charge < -0.3 is 0 Å². The fourth-order valence-electron chi connectivity index (χ4n) is 3.30. The Hall–Kier alpha value is -3.61. The zero-order valence-corrected chi connectivity index (χ0v) is 16.2. The summed E-state index contributed by atoms with van der Waals surface area (Å²) in [4.78, 5) is 29.3. The average Bonchev–Trinajstić information content (AvgIpc) is 3.09. The number of hydrogen-bond donors (Lipinski definition) is 1. The highest BCUT2D eigenvalue weighted by molar-refractivity contribution is 5.85. The second-order valence-electron chi connectivity index (χ2n) is 6.96. The highest BCUT2D eigenvalue weighted by Crippen LogP contribution is 2.20. The van der Waals surface area contributed by atoms with Gasteiger partial charge in [-0.1, -0.05) is 17.7 Å². The molecule has 0 fully saturated rings. The van der Waals surface area contributed by atoms with Gasteiger partial charge in [-0.2, -0.15) is 0 Å². The van der Waals surface area contributed by atoms with E-state index in [4.69, 9.17) is 0 Å². The third-order valence-electron chi connectivity index (χ3n) is 5.01. The summed E-state index contributed by atoms with van der Waals surface area (Å²) < 4.78 is 4.69. The molecule has 0 unspecified atom stereocenters. The third-order valence-corrected chi connectivity index (χ3v) is 5.01. The number of nitrogens with one attached hydrogen (secondary N) is 1. The van der Waals surface area contributed by atoms with Crippen molar-refractivity contribution in [3.8, 4) is 5.69 Å². The Balaban J connectivity index is 1.73. The fourth-order valence-corrected chi connectivity index (χ4v) is 3.30. The third kappa shape index (κ3) is 2.81. The van der Waals surface area contributed by atoms with Gasteiger partial charge in [-0.05, 0) is 44.2 Å². The van der Waals surface area contributed by atoms with Crippen molar-refractivity contribution in [2.75, 3.05) is 0 Å². The molecule has 0 amide bonds. The zero-order chi connectivity index (χ0) is 20.0. The van der Waals surface area contributed by atoms with Gasteiger partial charge in [-0.15, -0.1) is 0 Å². The lowest BCUT2D eigenvalue weighted by molar-refractivity contribution is 0.795. The molecular formula is C21H21N5O2. The first-order valence-corrected chi connectivity index (χ1v) is 8.95. The van der Waals surface area contributed by atoms with E-state index in [0.29, 0.717) is 11.3 Å². The Bertz CT molecular complexity index is 1330. The number of aryl methyl sites for hydroxylation is 4. The van der Waals surface area contributed by atoms with Crippen molar-refractivity contribution in [1.82, 2.24) is 18.9 Å².